The maximum absolute atomic E-state index is 9.88. The second kappa shape index (κ2) is 5.76. The topological polar surface area (TPSA) is 29.1 Å². The fourth-order valence-electron chi connectivity index (χ4n) is 0.792. The maximum atomic E-state index is 9.88. The van der Waals surface area contributed by atoms with Gasteiger partial charge in [0.2, 0.25) is 0 Å². The predicted molar refractivity (Wildman–Crippen MR) is 38.4 cm³/mol. The molecule has 0 saturated carbocycles. The Morgan fingerprint density at radius 3 is 2.33 bits per heavy atom. The van der Waals surface area contributed by atoms with Crippen LogP contribution < -0.4 is 5.32 Å². The van der Waals surface area contributed by atoms with Gasteiger partial charge in [-0.15, -0.1) is 0 Å². The van der Waals surface area contributed by atoms with Crippen LogP contribution in [0.25, 0.3) is 0 Å². The Labute approximate surface area is 56.6 Å². The Morgan fingerprint density at radius 1 is 1.44 bits per heavy atom. The number of rotatable bonds is 5. The summed E-state index contributed by atoms with van der Waals surface area (Å²) in [5.41, 5.74) is 0. The average molecular weight is 129 g/mol. The van der Waals surface area contributed by atoms with Gasteiger partial charge >= 0.3 is 0 Å². The minimum atomic E-state index is 0.492. The van der Waals surface area contributed by atoms with Crippen LogP contribution in [0.5, 0.6) is 0 Å². The second-order valence-corrected chi connectivity index (χ2v) is 2.09. The van der Waals surface area contributed by atoms with Gasteiger partial charge in [0.25, 0.3) is 0 Å². The summed E-state index contributed by atoms with van der Waals surface area (Å²) in [4.78, 5) is 9.88. The third-order valence-corrected chi connectivity index (χ3v) is 1.48. The minimum Gasteiger partial charge on any atom is -0.307 e. The Hall–Kier alpha value is -0.370. The molecule has 0 aliphatic heterocycles. The van der Waals surface area contributed by atoms with Crippen molar-refractivity contribution in [3.8, 4) is 0 Å². The number of hydrogen-bond acceptors (Lipinski definition) is 2. The largest absolute Gasteiger partial charge is 0.307 e. The Bertz CT molecular complexity index is 69.3. The number of nitrogens with one attached hydrogen (secondary N) is 1. The molecule has 0 saturated heterocycles. The quantitative estimate of drug-likeness (QED) is 0.560. The summed E-state index contributed by atoms with van der Waals surface area (Å²) in [6.07, 6.45) is 3.10. The van der Waals surface area contributed by atoms with Gasteiger partial charge < -0.3 is 10.1 Å². The zero-order chi connectivity index (χ0) is 7.11. The van der Waals surface area contributed by atoms with E-state index < -0.39 is 0 Å². The van der Waals surface area contributed by atoms with E-state index >= 15 is 0 Å². The highest BCUT2D eigenvalue weighted by Crippen LogP contribution is 1.93. The lowest BCUT2D eigenvalue weighted by molar-refractivity contribution is -0.107. The smallest absolute Gasteiger partial charge is 0.133 e. The summed E-state index contributed by atoms with van der Waals surface area (Å²) >= 11 is 0. The fourth-order valence-corrected chi connectivity index (χ4v) is 0.792. The van der Waals surface area contributed by atoms with E-state index in [2.05, 4.69) is 19.2 Å². The molecule has 0 unspecified atom stereocenters. The van der Waals surface area contributed by atoms with E-state index in [-0.39, 0.29) is 0 Å². The summed E-state index contributed by atoms with van der Waals surface area (Å²) in [6, 6.07) is 0.523. The van der Waals surface area contributed by atoms with Gasteiger partial charge in [0.1, 0.15) is 6.29 Å². The molecule has 0 atom stereocenters. The van der Waals surface area contributed by atoms with E-state index in [1.807, 2.05) is 0 Å². The molecule has 0 heterocycles. The number of carbonyl (C=O) groups excluding carboxylic acids is 1. The van der Waals surface area contributed by atoms with E-state index in [1.54, 1.807) is 0 Å². The molecule has 0 aromatic heterocycles. The summed E-state index contributed by atoms with van der Waals surface area (Å²) in [6.45, 7) is 4.73. The monoisotopic (exact) mass is 129 g/mol. The zero-order valence-corrected chi connectivity index (χ0v) is 6.18. The SMILES string of the molecule is CCC(CC)NCC=O. The lowest BCUT2D eigenvalue weighted by Crippen LogP contribution is -2.28. The fraction of sp³-hybridized carbons (Fsp3) is 0.857. The van der Waals surface area contributed by atoms with Crippen molar-refractivity contribution in [2.45, 2.75) is 32.7 Å². The highest BCUT2D eigenvalue weighted by Gasteiger charge is 1.98. The molecule has 2 heteroatoms. The van der Waals surface area contributed by atoms with Gasteiger partial charge in [-0.05, 0) is 12.8 Å². The Kier molecular flexibility index (Phi) is 5.52. The first-order valence-electron chi connectivity index (χ1n) is 3.52. The van der Waals surface area contributed by atoms with Gasteiger partial charge in [-0.25, -0.2) is 0 Å². The van der Waals surface area contributed by atoms with Gasteiger partial charge in [-0.2, -0.15) is 0 Å². The standard InChI is InChI=1S/C7H15NO/c1-3-7(4-2)8-5-6-9/h6-8H,3-5H2,1-2H3. The maximum Gasteiger partial charge on any atom is 0.133 e. The van der Waals surface area contributed by atoms with Crippen LogP contribution in [0.15, 0.2) is 0 Å². The third kappa shape index (κ3) is 4.15. The van der Waals surface area contributed by atoms with Gasteiger partial charge in [0, 0.05) is 6.04 Å². The summed E-state index contributed by atoms with van der Waals surface area (Å²) in [5.74, 6) is 0. The van der Waals surface area contributed by atoms with E-state index in [9.17, 15) is 4.79 Å². The number of carbonyl (C=O) groups is 1. The highest BCUT2D eigenvalue weighted by atomic mass is 16.1. The van der Waals surface area contributed by atoms with Crippen molar-refractivity contribution in [1.29, 1.82) is 0 Å². The van der Waals surface area contributed by atoms with E-state index in [0.29, 0.717) is 12.6 Å². The van der Waals surface area contributed by atoms with Crippen molar-refractivity contribution >= 4 is 6.29 Å². The molecule has 9 heavy (non-hydrogen) atoms. The van der Waals surface area contributed by atoms with Gasteiger partial charge in [-0.1, -0.05) is 13.8 Å². The Balaban J connectivity index is 3.19. The van der Waals surface area contributed by atoms with Crippen molar-refractivity contribution < 1.29 is 4.79 Å². The van der Waals surface area contributed by atoms with Crippen LogP contribution in [0.2, 0.25) is 0 Å². The van der Waals surface area contributed by atoms with Crippen LogP contribution >= 0.6 is 0 Å². The average Bonchev–Trinajstić information content (AvgIpc) is 1.91. The van der Waals surface area contributed by atoms with Crippen LogP contribution in [0.1, 0.15) is 26.7 Å². The van der Waals surface area contributed by atoms with Crippen molar-refractivity contribution in [2.24, 2.45) is 0 Å². The van der Waals surface area contributed by atoms with E-state index in [4.69, 9.17) is 0 Å². The van der Waals surface area contributed by atoms with Crippen molar-refractivity contribution in [2.75, 3.05) is 6.54 Å². The number of hydrogen-bond donors (Lipinski definition) is 1. The lowest BCUT2D eigenvalue weighted by Gasteiger charge is -2.10. The Morgan fingerprint density at radius 2 is 2.00 bits per heavy atom. The van der Waals surface area contributed by atoms with Crippen LogP contribution in [-0.4, -0.2) is 18.9 Å². The van der Waals surface area contributed by atoms with E-state index in [0.717, 1.165) is 19.1 Å². The van der Waals surface area contributed by atoms with Crippen LogP contribution in [-0.2, 0) is 4.79 Å². The molecule has 0 amide bonds. The first-order valence-corrected chi connectivity index (χ1v) is 3.52. The van der Waals surface area contributed by atoms with E-state index in [1.165, 1.54) is 0 Å². The molecule has 0 bridgehead atoms. The normalized spacial score (nSPS) is 10.1. The zero-order valence-electron chi connectivity index (χ0n) is 6.18. The molecule has 0 aromatic rings. The molecule has 0 radical (unpaired) electrons. The van der Waals surface area contributed by atoms with Crippen molar-refractivity contribution in [3.63, 3.8) is 0 Å². The minimum absolute atomic E-state index is 0.492. The first kappa shape index (κ1) is 8.63. The number of aldehydes is 1. The summed E-state index contributed by atoms with van der Waals surface area (Å²) in [7, 11) is 0. The van der Waals surface area contributed by atoms with Gasteiger partial charge in [0.15, 0.2) is 0 Å². The summed E-state index contributed by atoms with van der Waals surface area (Å²) in [5, 5.41) is 3.10. The van der Waals surface area contributed by atoms with Crippen molar-refractivity contribution in [3.05, 3.63) is 0 Å². The molecule has 1 N–H and O–H groups in total. The molecule has 54 valence electrons. The second-order valence-electron chi connectivity index (χ2n) is 2.09. The molecule has 0 rings (SSSR count). The van der Waals surface area contributed by atoms with Gasteiger partial charge in [-0.3, -0.25) is 0 Å². The predicted octanol–water partition coefficient (Wildman–Crippen LogP) is 0.964. The molecule has 2 nitrogen and oxygen atoms in total. The molecular formula is C7H15NO. The third-order valence-electron chi connectivity index (χ3n) is 1.48. The van der Waals surface area contributed by atoms with Crippen LogP contribution in [0, 0.1) is 0 Å². The van der Waals surface area contributed by atoms with Crippen LogP contribution in [0.4, 0.5) is 0 Å². The molecule has 0 fully saturated rings. The van der Waals surface area contributed by atoms with Crippen LogP contribution in [0.3, 0.4) is 0 Å². The molecule has 0 aliphatic rings. The lowest BCUT2D eigenvalue weighted by atomic mass is 10.2. The molecule has 0 aliphatic carbocycles. The first-order chi connectivity index (χ1) is 4.35. The summed E-state index contributed by atoms with van der Waals surface area (Å²) < 4.78 is 0. The van der Waals surface area contributed by atoms with Gasteiger partial charge in [0.05, 0.1) is 6.54 Å². The molecule has 0 aromatic carbocycles. The molecule has 0 spiro atoms. The molecular weight excluding hydrogens is 114 g/mol. The highest BCUT2D eigenvalue weighted by molar-refractivity contribution is 5.51. The van der Waals surface area contributed by atoms with Crippen molar-refractivity contribution in [1.82, 2.24) is 5.32 Å².